The van der Waals surface area contributed by atoms with Crippen molar-refractivity contribution in [2.75, 3.05) is 11.9 Å². The summed E-state index contributed by atoms with van der Waals surface area (Å²) in [6.07, 6.45) is 0. The molecular weight excluding hydrogens is 280 g/mol. The van der Waals surface area contributed by atoms with E-state index in [0.717, 1.165) is 34.7 Å². The third-order valence-corrected chi connectivity index (χ3v) is 4.05. The SMILES string of the molecule is CCNc1cc(C)nc(CSc2cc3ccccc3[nH]2)n1. The monoisotopic (exact) mass is 298 g/mol. The third-order valence-electron chi connectivity index (χ3n) is 3.12. The van der Waals surface area contributed by atoms with Gasteiger partial charge >= 0.3 is 0 Å². The fourth-order valence-corrected chi connectivity index (χ4v) is 3.04. The van der Waals surface area contributed by atoms with Gasteiger partial charge in [-0.2, -0.15) is 0 Å². The zero-order valence-corrected chi connectivity index (χ0v) is 13.0. The van der Waals surface area contributed by atoms with Crippen molar-refractivity contribution in [3.05, 3.63) is 47.9 Å². The average molecular weight is 298 g/mol. The maximum absolute atomic E-state index is 4.54. The van der Waals surface area contributed by atoms with Crippen LogP contribution in [0, 0.1) is 6.92 Å². The first-order valence-electron chi connectivity index (χ1n) is 7.03. The molecule has 2 heterocycles. The van der Waals surface area contributed by atoms with E-state index in [0.29, 0.717) is 0 Å². The summed E-state index contributed by atoms with van der Waals surface area (Å²) in [5, 5.41) is 5.62. The van der Waals surface area contributed by atoms with Crippen molar-refractivity contribution in [2.45, 2.75) is 24.6 Å². The minimum atomic E-state index is 0.757. The molecule has 0 spiro atoms. The first-order chi connectivity index (χ1) is 10.2. The van der Waals surface area contributed by atoms with Crippen LogP contribution in [-0.4, -0.2) is 21.5 Å². The molecule has 0 aliphatic heterocycles. The van der Waals surface area contributed by atoms with E-state index in [4.69, 9.17) is 0 Å². The Morgan fingerprint density at radius 3 is 2.86 bits per heavy atom. The molecule has 0 saturated heterocycles. The first kappa shape index (κ1) is 13.9. The Morgan fingerprint density at radius 1 is 1.19 bits per heavy atom. The second kappa shape index (κ2) is 6.18. The molecule has 0 bridgehead atoms. The van der Waals surface area contributed by atoms with Gasteiger partial charge < -0.3 is 10.3 Å². The van der Waals surface area contributed by atoms with E-state index in [9.17, 15) is 0 Å². The smallest absolute Gasteiger partial charge is 0.141 e. The number of aromatic amines is 1. The molecule has 0 fully saturated rings. The number of nitrogens with one attached hydrogen (secondary N) is 2. The minimum Gasteiger partial charge on any atom is -0.370 e. The fourth-order valence-electron chi connectivity index (χ4n) is 2.23. The Labute approximate surface area is 128 Å². The van der Waals surface area contributed by atoms with E-state index in [-0.39, 0.29) is 0 Å². The summed E-state index contributed by atoms with van der Waals surface area (Å²) in [6, 6.07) is 12.4. The molecule has 5 heteroatoms. The van der Waals surface area contributed by atoms with Gasteiger partial charge in [0, 0.05) is 29.2 Å². The third kappa shape index (κ3) is 3.36. The number of anilines is 1. The van der Waals surface area contributed by atoms with Crippen molar-refractivity contribution in [2.24, 2.45) is 0 Å². The Morgan fingerprint density at radius 2 is 2.05 bits per heavy atom. The van der Waals surface area contributed by atoms with Crippen molar-refractivity contribution in [3.63, 3.8) is 0 Å². The Hall–Kier alpha value is -2.01. The molecule has 0 atom stereocenters. The lowest BCUT2D eigenvalue weighted by molar-refractivity contribution is 0.985. The quantitative estimate of drug-likeness (QED) is 0.699. The van der Waals surface area contributed by atoms with Gasteiger partial charge in [-0.1, -0.05) is 18.2 Å². The van der Waals surface area contributed by atoms with Gasteiger partial charge in [-0.25, -0.2) is 9.97 Å². The van der Waals surface area contributed by atoms with Crippen LogP contribution in [0.3, 0.4) is 0 Å². The van der Waals surface area contributed by atoms with Gasteiger partial charge in [-0.3, -0.25) is 0 Å². The molecule has 3 aromatic rings. The number of thioether (sulfide) groups is 1. The highest BCUT2D eigenvalue weighted by Crippen LogP contribution is 2.25. The van der Waals surface area contributed by atoms with Gasteiger partial charge in [0.1, 0.15) is 11.6 Å². The van der Waals surface area contributed by atoms with Crippen molar-refractivity contribution in [1.29, 1.82) is 0 Å². The van der Waals surface area contributed by atoms with Crippen LogP contribution in [0.4, 0.5) is 5.82 Å². The van der Waals surface area contributed by atoms with Crippen molar-refractivity contribution in [3.8, 4) is 0 Å². The number of benzene rings is 1. The molecule has 0 aliphatic rings. The summed E-state index contributed by atoms with van der Waals surface area (Å²) >= 11 is 1.73. The lowest BCUT2D eigenvalue weighted by Gasteiger charge is -2.06. The summed E-state index contributed by atoms with van der Waals surface area (Å²) < 4.78 is 0. The van der Waals surface area contributed by atoms with Crippen LogP contribution in [0.25, 0.3) is 10.9 Å². The predicted octanol–water partition coefficient (Wildman–Crippen LogP) is 3.99. The number of fused-ring (bicyclic) bond motifs is 1. The molecule has 1 aromatic carbocycles. The van der Waals surface area contributed by atoms with E-state index >= 15 is 0 Å². The summed E-state index contributed by atoms with van der Waals surface area (Å²) in [5.41, 5.74) is 2.16. The van der Waals surface area contributed by atoms with E-state index in [1.54, 1.807) is 11.8 Å². The number of hydrogen-bond acceptors (Lipinski definition) is 4. The van der Waals surface area contributed by atoms with Gasteiger partial charge in [0.05, 0.1) is 10.8 Å². The van der Waals surface area contributed by atoms with Crippen LogP contribution in [0.2, 0.25) is 0 Å². The number of hydrogen-bond donors (Lipinski definition) is 2. The van der Waals surface area contributed by atoms with Crippen molar-refractivity contribution < 1.29 is 0 Å². The minimum absolute atomic E-state index is 0.757. The molecule has 2 aromatic heterocycles. The van der Waals surface area contributed by atoms with Gasteiger partial charge in [-0.05, 0) is 26.0 Å². The van der Waals surface area contributed by atoms with E-state index in [2.05, 4.69) is 51.5 Å². The van der Waals surface area contributed by atoms with Crippen LogP contribution in [0.15, 0.2) is 41.4 Å². The van der Waals surface area contributed by atoms with Gasteiger partial charge in [0.15, 0.2) is 0 Å². The number of aryl methyl sites for hydroxylation is 1. The molecule has 0 unspecified atom stereocenters. The van der Waals surface area contributed by atoms with Crippen molar-refractivity contribution >= 4 is 28.5 Å². The first-order valence-corrected chi connectivity index (χ1v) is 8.02. The molecule has 0 amide bonds. The number of H-pyrrole nitrogens is 1. The topological polar surface area (TPSA) is 53.6 Å². The second-order valence-corrected chi connectivity index (χ2v) is 5.87. The predicted molar refractivity (Wildman–Crippen MR) is 88.8 cm³/mol. The van der Waals surface area contributed by atoms with E-state index in [1.807, 2.05) is 19.1 Å². The molecular formula is C16H18N4S. The maximum Gasteiger partial charge on any atom is 0.141 e. The molecule has 3 rings (SSSR count). The summed E-state index contributed by atoms with van der Waals surface area (Å²) in [5.74, 6) is 2.51. The second-order valence-electron chi connectivity index (χ2n) is 4.85. The zero-order chi connectivity index (χ0) is 14.7. The summed E-state index contributed by atoms with van der Waals surface area (Å²) in [6.45, 7) is 4.93. The molecule has 21 heavy (non-hydrogen) atoms. The molecule has 2 N–H and O–H groups in total. The molecule has 0 radical (unpaired) electrons. The fraction of sp³-hybridized carbons (Fsp3) is 0.250. The summed E-state index contributed by atoms with van der Waals surface area (Å²) in [4.78, 5) is 12.4. The highest BCUT2D eigenvalue weighted by molar-refractivity contribution is 7.98. The van der Waals surface area contributed by atoms with Gasteiger partial charge in [0.2, 0.25) is 0 Å². The van der Waals surface area contributed by atoms with Crippen LogP contribution in [0.5, 0.6) is 0 Å². The Balaban J connectivity index is 1.74. The lowest BCUT2D eigenvalue weighted by atomic mass is 10.3. The highest BCUT2D eigenvalue weighted by Gasteiger charge is 2.05. The average Bonchev–Trinajstić information content (AvgIpc) is 2.88. The Kier molecular flexibility index (Phi) is 4.10. The number of aromatic nitrogens is 3. The number of nitrogens with zero attached hydrogens (tertiary/aromatic N) is 2. The lowest BCUT2D eigenvalue weighted by Crippen LogP contribution is -2.04. The van der Waals surface area contributed by atoms with Crippen LogP contribution < -0.4 is 5.32 Å². The van der Waals surface area contributed by atoms with Gasteiger partial charge in [-0.15, -0.1) is 11.8 Å². The summed E-state index contributed by atoms with van der Waals surface area (Å²) in [7, 11) is 0. The van der Waals surface area contributed by atoms with Gasteiger partial charge in [0.25, 0.3) is 0 Å². The van der Waals surface area contributed by atoms with Crippen molar-refractivity contribution in [1.82, 2.24) is 15.0 Å². The number of para-hydroxylation sites is 1. The highest BCUT2D eigenvalue weighted by atomic mass is 32.2. The van der Waals surface area contributed by atoms with E-state index in [1.165, 1.54) is 10.9 Å². The van der Waals surface area contributed by atoms with Crippen LogP contribution >= 0.6 is 11.8 Å². The maximum atomic E-state index is 4.54. The van der Waals surface area contributed by atoms with E-state index < -0.39 is 0 Å². The van der Waals surface area contributed by atoms with Crippen LogP contribution in [0.1, 0.15) is 18.4 Å². The molecule has 0 aliphatic carbocycles. The number of rotatable bonds is 5. The largest absolute Gasteiger partial charge is 0.370 e. The zero-order valence-electron chi connectivity index (χ0n) is 12.2. The molecule has 108 valence electrons. The van der Waals surface area contributed by atoms with Crippen LogP contribution in [-0.2, 0) is 5.75 Å². The molecule has 0 saturated carbocycles. The molecule has 4 nitrogen and oxygen atoms in total. The normalized spacial score (nSPS) is 11.0. The standard InChI is InChI=1S/C16H18N4S/c1-3-17-14-8-11(2)18-15(20-14)10-21-16-9-12-6-4-5-7-13(12)19-16/h4-9,19H,3,10H2,1-2H3,(H,17,18,20). The Bertz CT molecular complexity index is 718.